The van der Waals surface area contributed by atoms with Gasteiger partial charge in [-0.2, -0.15) is 0 Å². The number of likely N-dealkylation sites (tertiary alicyclic amines) is 1. The first kappa shape index (κ1) is 14.6. The molecule has 0 bridgehead atoms. The van der Waals surface area contributed by atoms with E-state index in [0.717, 1.165) is 25.1 Å². The number of benzene rings is 2. The minimum Gasteiger partial charge on any atom is -0.508 e. The summed E-state index contributed by atoms with van der Waals surface area (Å²) in [5, 5.41) is 9.36. The van der Waals surface area contributed by atoms with Gasteiger partial charge in [0, 0.05) is 19.0 Å². The molecule has 1 aliphatic rings. The van der Waals surface area contributed by atoms with Gasteiger partial charge in [0.05, 0.1) is 6.42 Å². The lowest BCUT2D eigenvalue weighted by Crippen LogP contribution is -2.29. The molecule has 0 aliphatic carbocycles. The molecule has 1 fully saturated rings. The summed E-state index contributed by atoms with van der Waals surface area (Å²) in [7, 11) is 0. The van der Waals surface area contributed by atoms with Gasteiger partial charge in [0.2, 0.25) is 5.91 Å². The molecule has 3 nitrogen and oxygen atoms in total. The van der Waals surface area contributed by atoms with Gasteiger partial charge in [-0.15, -0.1) is 0 Å². The summed E-state index contributed by atoms with van der Waals surface area (Å²) in [6.45, 7) is 3.64. The molecule has 1 heterocycles. The van der Waals surface area contributed by atoms with Gasteiger partial charge >= 0.3 is 0 Å². The highest BCUT2D eigenvalue weighted by molar-refractivity contribution is 5.79. The van der Waals surface area contributed by atoms with Crippen LogP contribution in [0.3, 0.4) is 0 Å². The van der Waals surface area contributed by atoms with Gasteiger partial charge in [0.1, 0.15) is 5.75 Å². The maximum absolute atomic E-state index is 12.4. The Bertz CT molecular complexity index is 663. The fourth-order valence-electron chi connectivity index (χ4n) is 3.11. The Morgan fingerprint density at radius 2 is 2.00 bits per heavy atom. The first-order chi connectivity index (χ1) is 10.6. The number of phenolic OH excluding ortho intramolecular Hbond substituents is 1. The third-order valence-electron chi connectivity index (χ3n) is 4.34. The highest BCUT2D eigenvalue weighted by Gasteiger charge is 2.27. The third-order valence-corrected chi connectivity index (χ3v) is 4.34. The van der Waals surface area contributed by atoms with Crippen LogP contribution in [0.2, 0.25) is 0 Å². The zero-order chi connectivity index (χ0) is 15.5. The molecule has 1 saturated heterocycles. The number of carbonyl (C=O) groups is 1. The Kier molecular flexibility index (Phi) is 4.14. The molecule has 0 saturated carbocycles. The summed E-state index contributed by atoms with van der Waals surface area (Å²) >= 11 is 0. The van der Waals surface area contributed by atoms with E-state index in [1.54, 1.807) is 12.1 Å². The average Bonchev–Trinajstić information content (AvgIpc) is 2.98. The van der Waals surface area contributed by atoms with Gasteiger partial charge < -0.3 is 10.0 Å². The van der Waals surface area contributed by atoms with Crippen LogP contribution in [0.4, 0.5) is 0 Å². The van der Waals surface area contributed by atoms with Gasteiger partial charge in [-0.05, 0) is 36.6 Å². The molecule has 3 rings (SSSR count). The summed E-state index contributed by atoms with van der Waals surface area (Å²) in [6, 6.07) is 15.5. The van der Waals surface area contributed by atoms with Crippen molar-refractivity contribution in [2.75, 3.05) is 13.1 Å². The smallest absolute Gasteiger partial charge is 0.227 e. The number of phenols is 1. The Morgan fingerprint density at radius 3 is 2.73 bits per heavy atom. The van der Waals surface area contributed by atoms with Crippen molar-refractivity contribution in [3.63, 3.8) is 0 Å². The predicted molar refractivity (Wildman–Crippen MR) is 86.9 cm³/mol. The van der Waals surface area contributed by atoms with Crippen molar-refractivity contribution >= 4 is 5.91 Å². The molecule has 2 aromatic rings. The van der Waals surface area contributed by atoms with Crippen molar-refractivity contribution in [3.8, 4) is 5.75 Å². The molecule has 1 atom stereocenters. The van der Waals surface area contributed by atoms with E-state index < -0.39 is 0 Å². The van der Waals surface area contributed by atoms with E-state index in [-0.39, 0.29) is 11.7 Å². The summed E-state index contributed by atoms with van der Waals surface area (Å²) in [4.78, 5) is 14.4. The van der Waals surface area contributed by atoms with Gasteiger partial charge in [0.25, 0.3) is 0 Å². The lowest BCUT2D eigenvalue weighted by atomic mass is 9.98. The minimum atomic E-state index is 0.201. The summed E-state index contributed by atoms with van der Waals surface area (Å²) < 4.78 is 0. The standard InChI is InChI=1S/C19H21NO2/c1-14-3-2-4-15(11-14)12-19(22)20-10-9-17(13-20)16-5-7-18(21)8-6-16/h2-8,11,17,21H,9-10,12-13H2,1H3. The molecule has 114 valence electrons. The Morgan fingerprint density at radius 1 is 1.23 bits per heavy atom. The monoisotopic (exact) mass is 295 g/mol. The highest BCUT2D eigenvalue weighted by Crippen LogP contribution is 2.28. The van der Waals surface area contributed by atoms with Crippen LogP contribution in [0.25, 0.3) is 0 Å². The molecule has 0 radical (unpaired) electrons. The molecule has 1 amide bonds. The number of carbonyl (C=O) groups excluding carboxylic acids is 1. The van der Waals surface area contributed by atoms with Crippen molar-refractivity contribution in [2.24, 2.45) is 0 Å². The Balaban J connectivity index is 1.62. The fourth-order valence-corrected chi connectivity index (χ4v) is 3.11. The van der Waals surface area contributed by atoms with Crippen LogP contribution in [0.1, 0.15) is 29.0 Å². The fraction of sp³-hybridized carbons (Fsp3) is 0.316. The SMILES string of the molecule is Cc1cccc(CC(=O)N2CCC(c3ccc(O)cc3)C2)c1. The number of nitrogens with zero attached hydrogens (tertiary/aromatic N) is 1. The van der Waals surface area contributed by atoms with E-state index in [4.69, 9.17) is 0 Å². The summed E-state index contributed by atoms with van der Waals surface area (Å²) in [5.74, 6) is 0.864. The van der Waals surface area contributed by atoms with Gasteiger partial charge in [0.15, 0.2) is 0 Å². The summed E-state index contributed by atoms with van der Waals surface area (Å²) in [5.41, 5.74) is 3.47. The van der Waals surface area contributed by atoms with E-state index in [1.807, 2.05) is 42.2 Å². The quantitative estimate of drug-likeness (QED) is 0.944. The molecule has 1 aliphatic heterocycles. The van der Waals surface area contributed by atoms with Crippen molar-refractivity contribution in [1.29, 1.82) is 0 Å². The first-order valence-corrected chi connectivity index (χ1v) is 7.74. The Labute approximate surface area is 131 Å². The van der Waals surface area contributed by atoms with E-state index in [9.17, 15) is 9.90 Å². The Hall–Kier alpha value is -2.29. The minimum absolute atomic E-state index is 0.201. The topological polar surface area (TPSA) is 40.5 Å². The molecule has 3 heteroatoms. The van der Waals surface area contributed by atoms with Crippen LogP contribution >= 0.6 is 0 Å². The van der Waals surface area contributed by atoms with Crippen LogP contribution in [0.15, 0.2) is 48.5 Å². The number of hydrogen-bond acceptors (Lipinski definition) is 2. The van der Waals surface area contributed by atoms with Crippen molar-refractivity contribution in [3.05, 3.63) is 65.2 Å². The average molecular weight is 295 g/mol. The second-order valence-corrected chi connectivity index (χ2v) is 6.08. The van der Waals surface area contributed by atoms with Crippen molar-refractivity contribution < 1.29 is 9.90 Å². The second-order valence-electron chi connectivity index (χ2n) is 6.08. The largest absolute Gasteiger partial charge is 0.508 e. The molecular formula is C19H21NO2. The van der Waals surface area contributed by atoms with E-state index in [2.05, 4.69) is 6.07 Å². The maximum Gasteiger partial charge on any atom is 0.227 e. The number of hydrogen-bond donors (Lipinski definition) is 1. The molecular weight excluding hydrogens is 274 g/mol. The second kappa shape index (κ2) is 6.22. The normalized spacial score (nSPS) is 17.7. The maximum atomic E-state index is 12.4. The van der Waals surface area contributed by atoms with E-state index >= 15 is 0 Å². The zero-order valence-corrected chi connectivity index (χ0v) is 12.8. The molecule has 1 unspecified atom stereocenters. The predicted octanol–water partition coefficient (Wildman–Crippen LogP) is 3.26. The third kappa shape index (κ3) is 3.30. The van der Waals surface area contributed by atoms with Crippen LogP contribution < -0.4 is 0 Å². The molecule has 2 aromatic carbocycles. The van der Waals surface area contributed by atoms with Gasteiger partial charge in [-0.1, -0.05) is 42.0 Å². The number of amides is 1. The van der Waals surface area contributed by atoms with Crippen molar-refractivity contribution in [2.45, 2.75) is 25.7 Å². The lowest BCUT2D eigenvalue weighted by Gasteiger charge is -2.17. The van der Waals surface area contributed by atoms with E-state index in [0.29, 0.717) is 12.3 Å². The first-order valence-electron chi connectivity index (χ1n) is 7.74. The molecule has 0 aromatic heterocycles. The van der Waals surface area contributed by atoms with Crippen LogP contribution in [0.5, 0.6) is 5.75 Å². The molecule has 1 N–H and O–H groups in total. The van der Waals surface area contributed by atoms with Crippen molar-refractivity contribution in [1.82, 2.24) is 4.90 Å². The molecule has 0 spiro atoms. The van der Waals surface area contributed by atoms with E-state index in [1.165, 1.54) is 11.1 Å². The van der Waals surface area contributed by atoms with Gasteiger partial charge in [-0.25, -0.2) is 0 Å². The lowest BCUT2D eigenvalue weighted by molar-refractivity contribution is -0.129. The van der Waals surface area contributed by atoms with Crippen LogP contribution in [-0.2, 0) is 11.2 Å². The number of rotatable bonds is 3. The zero-order valence-electron chi connectivity index (χ0n) is 12.8. The van der Waals surface area contributed by atoms with Crippen LogP contribution in [0, 0.1) is 6.92 Å². The van der Waals surface area contributed by atoms with Gasteiger partial charge in [-0.3, -0.25) is 4.79 Å². The highest BCUT2D eigenvalue weighted by atomic mass is 16.3. The summed E-state index contributed by atoms with van der Waals surface area (Å²) in [6.07, 6.45) is 1.47. The van der Waals surface area contributed by atoms with Crippen LogP contribution in [-0.4, -0.2) is 29.0 Å². The number of aromatic hydroxyl groups is 1. The number of aryl methyl sites for hydroxylation is 1. The molecule has 22 heavy (non-hydrogen) atoms.